The Balaban J connectivity index is 1.14. The van der Waals surface area contributed by atoms with Gasteiger partial charge in [-0.3, -0.25) is 0 Å². The average molecular weight is 791 g/mol. The molecule has 0 atom stereocenters. The van der Waals surface area contributed by atoms with Gasteiger partial charge in [0.25, 0.3) is 0 Å². The minimum Gasteiger partial charge on any atom is -0.309 e. The predicted octanol–water partition coefficient (Wildman–Crippen LogP) is 16.6. The second-order valence-electron chi connectivity index (χ2n) is 15.7. The van der Waals surface area contributed by atoms with Crippen LogP contribution in [0.5, 0.6) is 0 Å². The van der Waals surface area contributed by atoms with Crippen molar-refractivity contribution in [1.29, 1.82) is 0 Å². The summed E-state index contributed by atoms with van der Waals surface area (Å²) in [5, 5.41) is 2.39. The van der Waals surface area contributed by atoms with E-state index in [1.165, 1.54) is 49.7 Å². The number of para-hydroxylation sites is 3. The smallest absolute Gasteiger partial charge is 0.0562 e. The Hall–Kier alpha value is -8.20. The molecule has 0 radical (unpaired) electrons. The van der Waals surface area contributed by atoms with Crippen LogP contribution in [0.2, 0.25) is 0 Å². The molecule has 1 heterocycles. The molecule has 0 aliphatic heterocycles. The highest BCUT2D eigenvalue weighted by Crippen LogP contribution is 2.48. The lowest BCUT2D eigenvalue weighted by Gasteiger charge is -2.29. The van der Waals surface area contributed by atoms with Crippen LogP contribution in [0.25, 0.3) is 83.1 Å². The van der Waals surface area contributed by atoms with Gasteiger partial charge < -0.3 is 9.47 Å². The Morgan fingerprint density at radius 3 is 1.37 bits per heavy atom. The first-order chi connectivity index (χ1) is 30.8. The topological polar surface area (TPSA) is 8.17 Å². The Bertz CT molecular complexity index is 3300. The van der Waals surface area contributed by atoms with Crippen molar-refractivity contribution in [3.63, 3.8) is 0 Å². The van der Waals surface area contributed by atoms with Crippen LogP contribution >= 0.6 is 0 Å². The van der Waals surface area contributed by atoms with E-state index in [9.17, 15) is 0 Å². The molecule has 11 rings (SSSR count). The van der Waals surface area contributed by atoms with Crippen molar-refractivity contribution in [2.45, 2.75) is 0 Å². The van der Waals surface area contributed by atoms with Crippen LogP contribution in [0.15, 0.2) is 255 Å². The summed E-state index contributed by atoms with van der Waals surface area (Å²) >= 11 is 0. The van der Waals surface area contributed by atoms with E-state index in [-0.39, 0.29) is 0 Å². The minimum absolute atomic E-state index is 1.09. The van der Waals surface area contributed by atoms with Gasteiger partial charge in [-0.2, -0.15) is 0 Å². The van der Waals surface area contributed by atoms with E-state index in [2.05, 4.69) is 264 Å². The Labute approximate surface area is 362 Å². The van der Waals surface area contributed by atoms with E-state index >= 15 is 0 Å². The maximum absolute atomic E-state index is 2.46. The second kappa shape index (κ2) is 16.1. The zero-order chi connectivity index (χ0) is 41.2. The Kier molecular flexibility index (Phi) is 9.57. The first-order valence-electron chi connectivity index (χ1n) is 21.3. The summed E-state index contributed by atoms with van der Waals surface area (Å²) in [6.07, 6.45) is 0. The standard InChI is InChI=1S/C60H42N2/c1-5-18-43(19-6-1)45-32-34-47(35-33-45)50-40-41-57(54(42-50)49-38-36-46(37-39-49)44-20-7-2-8-21-44)61(51-24-11-4-12-25-51)58-30-17-31-59-60(58)53-27-14-16-29-56(53)62(59)55-28-15-13-26-52(55)48-22-9-3-10-23-48/h1-42H. The van der Waals surface area contributed by atoms with Crippen LogP contribution in [0.3, 0.4) is 0 Å². The third-order valence-corrected chi connectivity index (χ3v) is 12.0. The number of aromatic nitrogens is 1. The van der Waals surface area contributed by atoms with E-state index in [0.717, 1.165) is 50.5 Å². The number of nitrogens with zero attached hydrogens (tertiary/aromatic N) is 2. The van der Waals surface area contributed by atoms with Crippen molar-refractivity contribution in [2.24, 2.45) is 0 Å². The van der Waals surface area contributed by atoms with E-state index in [0.29, 0.717) is 0 Å². The van der Waals surface area contributed by atoms with E-state index in [1.54, 1.807) is 0 Å². The molecular formula is C60H42N2. The van der Waals surface area contributed by atoms with Crippen molar-refractivity contribution in [1.82, 2.24) is 4.57 Å². The van der Waals surface area contributed by atoms with Crippen LogP contribution in [-0.4, -0.2) is 4.57 Å². The quantitative estimate of drug-likeness (QED) is 0.141. The monoisotopic (exact) mass is 790 g/mol. The molecule has 1 aromatic heterocycles. The highest BCUT2D eigenvalue weighted by Gasteiger charge is 2.24. The molecule has 292 valence electrons. The largest absolute Gasteiger partial charge is 0.309 e. The number of hydrogen-bond acceptors (Lipinski definition) is 1. The third kappa shape index (κ3) is 6.74. The SMILES string of the molecule is c1ccc(-c2ccc(-c3ccc(N(c4ccccc4)c4cccc5c4c4ccccc4n5-c4ccccc4-c4ccccc4)c(-c4ccc(-c5ccccc5)cc4)c3)cc2)cc1. The molecular weight excluding hydrogens is 749 g/mol. The number of rotatable bonds is 9. The molecule has 2 nitrogen and oxygen atoms in total. The predicted molar refractivity (Wildman–Crippen MR) is 263 cm³/mol. The normalized spacial score (nSPS) is 11.2. The zero-order valence-corrected chi connectivity index (χ0v) is 34.1. The van der Waals surface area contributed by atoms with Gasteiger partial charge in [-0.05, 0) is 93.0 Å². The van der Waals surface area contributed by atoms with Crippen molar-refractivity contribution in [2.75, 3.05) is 4.90 Å². The zero-order valence-electron chi connectivity index (χ0n) is 34.1. The van der Waals surface area contributed by atoms with Gasteiger partial charge in [0, 0.05) is 27.6 Å². The number of anilines is 3. The van der Waals surface area contributed by atoms with Crippen molar-refractivity contribution in [3.05, 3.63) is 255 Å². The van der Waals surface area contributed by atoms with Crippen molar-refractivity contribution in [3.8, 4) is 61.3 Å². The molecule has 0 N–H and O–H groups in total. The van der Waals surface area contributed by atoms with Gasteiger partial charge in [0.2, 0.25) is 0 Å². The average Bonchev–Trinajstić information content (AvgIpc) is 3.70. The van der Waals surface area contributed by atoms with Gasteiger partial charge in [0.15, 0.2) is 0 Å². The summed E-state index contributed by atoms with van der Waals surface area (Å²) in [6.45, 7) is 0. The maximum Gasteiger partial charge on any atom is 0.0562 e. The van der Waals surface area contributed by atoms with E-state index in [1.807, 2.05) is 0 Å². The molecule has 11 aromatic rings. The van der Waals surface area contributed by atoms with Crippen molar-refractivity contribution < 1.29 is 0 Å². The van der Waals surface area contributed by atoms with Gasteiger partial charge in [-0.1, -0.05) is 206 Å². The lowest BCUT2D eigenvalue weighted by Crippen LogP contribution is -2.12. The second-order valence-corrected chi connectivity index (χ2v) is 15.7. The maximum atomic E-state index is 2.46. The van der Waals surface area contributed by atoms with Crippen LogP contribution in [0, 0.1) is 0 Å². The van der Waals surface area contributed by atoms with Gasteiger partial charge in [0.1, 0.15) is 0 Å². The molecule has 0 saturated heterocycles. The number of fused-ring (bicyclic) bond motifs is 3. The van der Waals surface area contributed by atoms with Crippen molar-refractivity contribution >= 4 is 38.9 Å². The molecule has 0 fully saturated rings. The molecule has 0 saturated carbocycles. The summed E-state index contributed by atoms with van der Waals surface area (Å²) in [6, 6.07) is 92.1. The highest BCUT2D eigenvalue weighted by atomic mass is 15.2. The summed E-state index contributed by atoms with van der Waals surface area (Å²) in [5.41, 5.74) is 18.6. The van der Waals surface area contributed by atoms with Gasteiger partial charge in [-0.25, -0.2) is 0 Å². The molecule has 0 amide bonds. The number of hydrogen-bond donors (Lipinski definition) is 0. The third-order valence-electron chi connectivity index (χ3n) is 12.0. The fraction of sp³-hybridized carbons (Fsp3) is 0. The summed E-state index contributed by atoms with van der Waals surface area (Å²) in [7, 11) is 0. The molecule has 0 spiro atoms. The molecule has 2 heteroatoms. The lowest BCUT2D eigenvalue weighted by atomic mass is 9.94. The lowest BCUT2D eigenvalue weighted by molar-refractivity contribution is 1.18. The molecule has 0 aliphatic rings. The highest BCUT2D eigenvalue weighted by molar-refractivity contribution is 6.17. The van der Waals surface area contributed by atoms with Gasteiger partial charge in [0.05, 0.1) is 28.1 Å². The fourth-order valence-electron chi connectivity index (χ4n) is 9.06. The molecule has 62 heavy (non-hydrogen) atoms. The Morgan fingerprint density at radius 1 is 0.274 bits per heavy atom. The van der Waals surface area contributed by atoms with E-state index in [4.69, 9.17) is 0 Å². The summed E-state index contributed by atoms with van der Waals surface area (Å²) < 4.78 is 2.45. The van der Waals surface area contributed by atoms with Crippen LogP contribution in [-0.2, 0) is 0 Å². The number of benzene rings is 10. The minimum atomic E-state index is 1.09. The molecule has 10 aromatic carbocycles. The van der Waals surface area contributed by atoms with Crippen LogP contribution in [0.1, 0.15) is 0 Å². The van der Waals surface area contributed by atoms with Gasteiger partial charge in [-0.15, -0.1) is 0 Å². The fourth-order valence-corrected chi connectivity index (χ4v) is 9.06. The molecule has 0 bridgehead atoms. The van der Waals surface area contributed by atoms with Crippen LogP contribution in [0.4, 0.5) is 17.1 Å². The molecule has 0 aliphatic carbocycles. The van der Waals surface area contributed by atoms with E-state index < -0.39 is 0 Å². The first kappa shape index (κ1) is 36.8. The van der Waals surface area contributed by atoms with Gasteiger partial charge >= 0.3 is 0 Å². The summed E-state index contributed by atoms with van der Waals surface area (Å²) in [4.78, 5) is 2.46. The van der Waals surface area contributed by atoms with Crippen LogP contribution < -0.4 is 4.90 Å². The first-order valence-corrected chi connectivity index (χ1v) is 21.3. The summed E-state index contributed by atoms with van der Waals surface area (Å²) in [5.74, 6) is 0. The Morgan fingerprint density at radius 2 is 0.726 bits per heavy atom. The molecule has 0 unspecified atom stereocenters.